The van der Waals surface area contributed by atoms with E-state index < -0.39 is 0 Å². The molecule has 5 heteroatoms. The van der Waals surface area contributed by atoms with Crippen molar-refractivity contribution in [2.24, 2.45) is 7.05 Å². The Labute approximate surface area is 151 Å². The van der Waals surface area contributed by atoms with E-state index in [1.807, 2.05) is 56.6 Å². The molecule has 26 heavy (non-hydrogen) atoms. The Bertz CT molecular complexity index is 1060. The van der Waals surface area contributed by atoms with E-state index in [9.17, 15) is 9.59 Å². The summed E-state index contributed by atoms with van der Waals surface area (Å²) in [7, 11) is 1.82. The number of benzene rings is 2. The Kier molecular flexibility index (Phi) is 3.77. The van der Waals surface area contributed by atoms with Crippen LogP contribution >= 0.6 is 0 Å². The van der Waals surface area contributed by atoms with Crippen molar-refractivity contribution in [2.75, 3.05) is 4.90 Å². The first-order valence-corrected chi connectivity index (χ1v) is 8.30. The van der Waals surface area contributed by atoms with Gasteiger partial charge in [0, 0.05) is 29.9 Å². The van der Waals surface area contributed by atoms with Gasteiger partial charge in [-0.3, -0.25) is 14.3 Å². The van der Waals surface area contributed by atoms with Gasteiger partial charge in [-0.25, -0.2) is 4.90 Å². The van der Waals surface area contributed by atoms with Gasteiger partial charge < -0.3 is 0 Å². The summed E-state index contributed by atoms with van der Waals surface area (Å²) >= 11 is 0. The smallest absolute Gasteiger partial charge is 0.265 e. The van der Waals surface area contributed by atoms with Crippen LogP contribution in [0.2, 0.25) is 0 Å². The second-order valence-electron chi connectivity index (χ2n) is 6.28. The Morgan fingerprint density at radius 2 is 1.62 bits per heavy atom. The van der Waals surface area contributed by atoms with Crippen LogP contribution in [0.25, 0.3) is 11.6 Å². The highest BCUT2D eigenvalue weighted by atomic mass is 16.2. The van der Waals surface area contributed by atoms with Gasteiger partial charge in [0.2, 0.25) is 0 Å². The minimum absolute atomic E-state index is 0.303. The maximum atomic E-state index is 13.3. The lowest BCUT2D eigenvalue weighted by Gasteiger charge is -2.29. The Balaban J connectivity index is 1.93. The molecule has 128 valence electrons. The Morgan fingerprint density at radius 1 is 0.923 bits per heavy atom. The van der Waals surface area contributed by atoms with Crippen LogP contribution in [0.15, 0.2) is 60.9 Å². The number of hydrogen-bond acceptors (Lipinski definition) is 3. The van der Waals surface area contributed by atoms with E-state index in [4.69, 9.17) is 0 Å². The maximum Gasteiger partial charge on any atom is 0.265 e. The summed E-state index contributed by atoms with van der Waals surface area (Å²) in [6, 6.07) is 14.6. The van der Waals surface area contributed by atoms with Crippen molar-refractivity contribution >= 4 is 29.2 Å². The molecule has 0 spiro atoms. The monoisotopic (exact) mass is 343 g/mol. The highest BCUT2D eigenvalue weighted by molar-refractivity contribution is 6.43. The summed E-state index contributed by atoms with van der Waals surface area (Å²) in [5, 5.41) is 4.15. The zero-order valence-corrected chi connectivity index (χ0v) is 14.5. The molecule has 0 aliphatic carbocycles. The van der Waals surface area contributed by atoms with E-state index in [2.05, 4.69) is 5.10 Å². The van der Waals surface area contributed by atoms with Crippen molar-refractivity contribution in [3.63, 3.8) is 0 Å². The van der Waals surface area contributed by atoms with Crippen LogP contribution in [0.5, 0.6) is 0 Å². The molecule has 1 aliphatic heterocycles. The molecule has 1 aliphatic rings. The summed E-state index contributed by atoms with van der Waals surface area (Å²) in [6.07, 6.45) is 5.31. The molecule has 2 aromatic carbocycles. The molecule has 2 heterocycles. The summed E-state index contributed by atoms with van der Waals surface area (Å²) in [5.41, 5.74) is 3.94. The van der Waals surface area contributed by atoms with Crippen LogP contribution in [-0.2, 0) is 11.8 Å². The zero-order chi connectivity index (χ0) is 18.3. The molecule has 1 aromatic heterocycles. The minimum atomic E-state index is -0.327. The number of fused-ring (bicyclic) bond motifs is 1. The molecule has 5 nitrogen and oxygen atoms in total. The van der Waals surface area contributed by atoms with Crippen LogP contribution < -0.4 is 4.90 Å². The van der Waals surface area contributed by atoms with Crippen molar-refractivity contribution in [1.82, 2.24) is 9.78 Å². The van der Waals surface area contributed by atoms with E-state index in [1.165, 1.54) is 4.90 Å². The van der Waals surface area contributed by atoms with Gasteiger partial charge in [0.05, 0.1) is 11.9 Å². The molecule has 0 saturated heterocycles. The summed E-state index contributed by atoms with van der Waals surface area (Å²) < 4.78 is 1.68. The second-order valence-corrected chi connectivity index (χ2v) is 6.28. The van der Waals surface area contributed by atoms with Crippen LogP contribution in [-0.4, -0.2) is 21.6 Å². The van der Waals surface area contributed by atoms with Crippen molar-refractivity contribution in [1.29, 1.82) is 0 Å². The number of aryl methyl sites for hydroxylation is 2. The topological polar surface area (TPSA) is 55.2 Å². The predicted molar refractivity (Wildman–Crippen MR) is 101 cm³/mol. The largest absolute Gasteiger partial charge is 0.275 e. The average molecular weight is 343 g/mol. The maximum absolute atomic E-state index is 13.3. The van der Waals surface area contributed by atoms with Crippen LogP contribution in [0.3, 0.4) is 0 Å². The molecule has 0 bridgehead atoms. The van der Waals surface area contributed by atoms with Crippen LogP contribution in [0.4, 0.5) is 5.69 Å². The normalized spacial score (nSPS) is 15.5. The highest BCUT2D eigenvalue weighted by Crippen LogP contribution is 2.34. The molecule has 2 amide bonds. The molecular weight excluding hydrogens is 326 g/mol. The molecule has 0 N–H and O–H groups in total. The lowest BCUT2D eigenvalue weighted by atomic mass is 9.91. The first kappa shape index (κ1) is 16.0. The van der Waals surface area contributed by atoms with E-state index in [0.29, 0.717) is 22.4 Å². The number of rotatable bonds is 2. The van der Waals surface area contributed by atoms with E-state index in [1.54, 1.807) is 29.1 Å². The molecule has 3 aromatic rings. The van der Waals surface area contributed by atoms with Gasteiger partial charge >= 0.3 is 0 Å². The third kappa shape index (κ3) is 2.54. The van der Waals surface area contributed by atoms with E-state index in [-0.39, 0.29) is 11.8 Å². The number of carbonyl (C=O) groups is 2. The standard InChI is InChI=1S/C21H17N3O2/c1-14-7-3-6-10-19(14)24-20(25)17-9-5-4-8-16(17)18(21(24)26)11-15-12-22-23(2)13-15/h3-13H,1-2H3/b18-11+. The van der Waals surface area contributed by atoms with Gasteiger partial charge in [-0.2, -0.15) is 5.10 Å². The molecule has 0 unspecified atom stereocenters. The average Bonchev–Trinajstić information content (AvgIpc) is 3.05. The van der Waals surface area contributed by atoms with E-state index >= 15 is 0 Å². The molecule has 0 saturated carbocycles. The number of anilines is 1. The fraction of sp³-hybridized carbons (Fsp3) is 0.0952. The second kappa shape index (κ2) is 6.11. The SMILES string of the molecule is Cc1ccccc1N1C(=O)/C(=C/c2cnn(C)c2)c2ccccc2C1=O. The van der Waals surface area contributed by atoms with Gasteiger partial charge in [-0.1, -0.05) is 36.4 Å². The summed E-state index contributed by atoms with van der Waals surface area (Å²) in [5.74, 6) is -0.630. The first-order chi connectivity index (χ1) is 12.6. The predicted octanol–water partition coefficient (Wildman–Crippen LogP) is 3.46. The fourth-order valence-electron chi connectivity index (χ4n) is 3.21. The zero-order valence-electron chi connectivity index (χ0n) is 14.5. The lowest BCUT2D eigenvalue weighted by Crippen LogP contribution is -2.42. The van der Waals surface area contributed by atoms with Crippen LogP contribution in [0.1, 0.15) is 27.0 Å². The third-order valence-electron chi connectivity index (χ3n) is 4.48. The fourth-order valence-corrected chi connectivity index (χ4v) is 3.21. The molecule has 0 radical (unpaired) electrons. The summed E-state index contributed by atoms with van der Waals surface area (Å²) in [4.78, 5) is 27.6. The Hall–Kier alpha value is -3.47. The molecule has 0 atom stereocenters. The number of aromatic nitrogens is 2. The Morgan fingerprint density at radius 3 is 2.31 bits per heavy atom. The molecular formula is C21H17N3O2. The lowest BCUT2D eigenvalue weighted by molar-refractivity contribution is -0.112. The van der Waals surface area contributed by atoms with Crippen molar-refractivity contribution in [3.8, 4) is 0 Å². The first-order valence-electron chi connectivity index (χ1n) is 8.30. The molecule has 4 rings (SSSR count). The summed E-state index contributed by atoms with van der Waals surface area (Å²) in [6.45, 7) is 1.89. The van der Waals surface area contributed by atoms with Gasteiger partial charge in [-0.15, -0.1) is 0 Å². The third-order valence-corrected chi connectivity index (χ3v) is 4.48. The number of hydrogen-bond donors (Lipinski definition) is 0. The number of para-hydroxylation sites is 1. The van der Waals surface area contributed by atoms with Gasteiger partial charge in [0.1, 0.15) is 0 Å². The highest BCUT2D eigenvalue weighted by Gasteiger charge is 2.36. The van der Waals surface area contributed by atoms with E-state index in [0.717, 1.165) is 11.1 Å². The minimum Gasteiger partial charge on any atom is -0.275 e. The van der Waals surface area contributed by atoms with Crippen molar-refractivity contribution < 1.29 is 9.59 Å². The van der Waals surface area contributed by atoms with Crippen molar-refractivity contribution in [3.05, 3.63) is 83.2 Å². The van der Waals surface area contributed by atoms with Gasteiger partial charge in [-0.05, 0) is 36.3 Å². The quantitative estimate of drug-likeness (QED) is 0.529. The van der Waals surface area contributed by atoms with Gasteiger partial charge in [0.25, 0.3) is 11.8 Å². The number of imide groups is 1. The van der Waals surface area contributed by atoms with Crippen LogP contribution in [0, 0.1) is 6.92 Å². The molecule has 0 fully saturated rings. The number of nitrogens with zero attached hydrogens (tertiary/aromatic N) is 3. The van der Waals surface area contributed by atoms with Crippen molar-refractivity contribution in [2.45, 2.75) is 6.92 Å². The number of amides is 2. The number of carbonyl (C=O) groups excluding carboxylic acids is 2. The van der Waals surface area contributed by atoms with Gasteiger partial charge in [0.15, 0.2) is 0 Å².